The molecule has 0 aliphatic heterocycles. The normalized spacial score (nSPS) is 10.7. The fourth-order valence-corrected chi connectivity index (χ4v) is 2.58. The van der Waals surface area contributed by atoms with E-state index >= 15 is 0 Å². The second kappa shape index (κ2) is 5.97. The Morgan fingerprint density at radius 3 is 2.63 bits per heavy atom. The number of benzene rings is 1. The van der Waals surface area contributed by atoms with Gasteiger partial charge in [0.15, 0.2) is 0 Å². The fourth-order valence-electron chi connectivity index (χ4n) is 1.75. The fraction of sp³-hybridized carbons (Fsp3) is 0.333. The van der Waals surface area contributed by atoms with Crippen LogP contribution in [-0.4, -0.2) is 16.9 Å². The van der Waals surface area contributed by atoms with E-state index in [4.69, 9.17) is 0 Å². The van der Waals surface area contributed by atoms with E-state index in [0.29, 0.717) is 6.42 Å². The summed E-state index contributed by atoms with van der Waals surface area (Å²) in [7, 11) is 0. The average Bonchev–Trinajstić information content (AvgIpc) is 2.77. The van der Waals surface area contributed by atoms with Crippen LogP contribution >= 0.6 is 11.3 Å². The lowest BCUT2D eigenvalue weighted by atomic mass is 10.2. The zero-order chi connectivity index (χ0) is 13.8. The summed E-state index contributed by atoms with van der Waals surface area (Å²) in [5, 5.41) is 5.79. The molecule has 2 aromatic rings. The second-order valence-corrected chi connectivity index (χ2v) is 5.77. The lowest BCUT2D eigenvalue weighted by molar-refractivity contribution is -0.120. The minimum atomic E-state index is 0.0238. The topological polar surface area (TPSA) is 42.0 Å². The van der Waals surface area contributed by atoms with E-state index in [0.717, 1.165) is 16.3 Å². The van der Waals surface area contributed by atoms with Gasteiger partial charge >= 0.3 is 0 Å². The maximum absolute atomic E-state index is 11.7. The highest BCUT2D eigenvalue weighted by molar-refractivity contribution is 7.13. The summed E-state index contributed by atoms with van der Waals surface area (Å²) in [5.74, 6) is 0.0238. The minimum Gasteiger partial charge on any atom is -0.354 e. The number of nitrogens with zero attached hydrogens (tertiary/aromatic N) is 1. The Labute approximate surface area is 117 Å². The summed E-state index contributed by atoms with van der Waals surface area (Å²) < 4.78 is 0. The number of nitrogens with one attached hydrogen (secondary N) is 1. The maximum atomic E-state index is 11.7. The first-order valence-corrected chi connectivity index (χ1v) is 7.23. The molecule has 100 valence electrons. The van der Waals surface area contributed by atoms with E-state index in [9.17, 15) is 4.79 Å². The molecular weight excluding hydrogens is 256 g/mol. The van der Waals surface area contributed by atoms with Gasteiger partial charge in [0.05, 0.1) is 12.1 Å². The second-order valence-electron chi connectivity index (χ2n) is 4.91. The number of thiazole rings is 1. The number of carbonyl (C=O) groups is 1. The van der Waals surface area contributed by atoms with Crippen molar-refractivity contribution in [2.75, 3.05) is 0 Å². The summed E-state index contributed by atoms with van der Waals surface area (Å²) in [6, 6.07) is 8.44. The molecular formula is C15H18N2OS. The molecule has 0 bridgehead atoms. The number of carbonyl (C=O) groups excluding carboxylic acids is 1. The highest BCUT2D eigenvalue weighted by Crippen LogP contribution is 2.24. The molecule has 0 saturated heterocycles. The lowest BCUT2D eigenvalue weighted by Gasteiger charge is -2.06. The third kappa shape index (κ3) is 3.89. The molecule has 0 radical (unpaired) electrons. The van der Waals surface area contributed by atoms with E-state index < -0.39 is 0 Å². The van der Waals surface area contributed by atoms with Gasteiger partial charge < -0.3 is 5.32 Å². The average molecular weight is 274 g/mol. The Morgan fingerprint density at radius 1 is 1.32 bits per heavy atom. The Kier molecular flexibility index (Phi) is 4.32. The van der Waals surface area contributed by atoms with Gasteiger partial charge in [-0.15, -0.1) is 11.3 Å². The van der Waals surface area contributed by atoms with Gasteiger partial charge in [0.2, 0.25) is 5.91 Å². The first-order chi connectivity index (χ1) is 9.04. The monoisotopic (exact) mass is 274 g/mol. The Hall–Kier alpha value is -1.68. The van der Waals surface area contributed by atoms with Crippen LogP contribution in [0.4, 0.5) is 0 Å². The molecule has 0 aliphatic carbocycles. The van der Waals surface area contributed by atoms with Crippen LogP contribution < -0.4 is 5.32 Å². The number of amides is 1. The molecule has 0 fully saturated rings. The number of hydrogen-bond donors (Lipinski definition) is 1. The summed E-state index contributed by atoms with van der Waals surface area (Å²) in [5.41, 5.74) is 3.17. The first kappa shape index (κ1) is 13.7. The molecule has 0 spiro atoms. The molecule has 3 nitrogen and oxygen atoms in total. The molecule has 0 aliphatic rings. The standard InChI is InChI=1S/C15H18N2OS/c1-10(2)16-14(18)8-13-9-19-15(17-13)12-6-4-11(3)5-7-12/h4-7,9-10H,8H2,1-3H3,(H,16,18). The molecule has 1 aromatic heterocycles. The van der Waals surface area contributed by atoms with Crippen LogP contribution in [0.1, 0.15) is 25.1 Å². The minimum absolute atomic E-state index is 0.0238. The largest absolute Gasteiger partial charge is 0.354 e. The highest BCUT2D eigenvalue weighted by atomic mass is 32.1. The summed E-state index contributed by atoms with van der Waals surface area (Å²) in [4.78, 5) is 16.2. The number of rotatable bonds is 4. The predicted octanol–water partition coefficient (Wildman–Crippen LogP) is 3.19. The summed E-state index contributed by atoms with van der Waals surface area (Å²) in [6.07, 6.45) is 0.348. The van der Waals surface area contributed by atoms with Crippen molar-refractivity contribution >= 4 is 17.2 Å². The van der Waals surface area contributed by atoms with Crippen LogP contribution in [0.5, 0.6) is 0 Å². The molecule has 1 amide bonds. The van der Waals surface area contributed by atoms with Gasteiger partial charge in [-0.3, -0.25) is 4.79 Å². The number of aromatic nitrogens is 1. The van der Waals surface area contributed by atoms with Crippen molar-refractivity contribution in [1.82, 2.24) is 10.3 Å². The van der Waals surface area contributed by atoms with Gasteiger partial charge in [0.1, 0.15) is 5.01 Å². The van der Waals surface area contributed by atoms with E-state index in [2.05, 4.69) is 41.5 Å². The van der Waals surface area contributed by atoms with Crippen LogP contribution in [0, 0.1) is 6.92 Å². The molecule has 1 aromatic carbocycles. The predicted molar refractivity (Wildman–Crippen MR) is 79.3 cm³/mol. The molecule has 19 heavy (non-hydrogen) atoms. The zero-order valence-corrected chi connectivity index (χ0v) is 12.3. The Bertz CT molecular complexity index is 558. The molecule has 1 N–H and O–H groups in total. The highest BCUT2D eigenvalue weighted by Gasteiger charge is 2.09. The Morgan fingerprint density at radius 2 is 2.00 bits per heavy atom. The summed E-state index contributed by atoms with van der Waals surface area (Å²) in [6.45, 7) is 5.97. The van der Waals surface area contributed by atoms with Crippen molar-refractivity contribution in [3.63, 3.8) is 0 Å². The van der Waals surface area contributed by atoms with Crippen molar-refractivity contribution in [2.45, 2.75) is 33.2 Å². The number of hydrogen-bond acceptors (Lipinski definition) is 3. The molecule has 1 heterocycles. The van der Waals surface area contributed by atoms with E-state index in [-0.39, 0.29) is 11.9 Å². The first-order valence-electron chi connectivity index (χ1n) is 6.35. The van der Waals surface area contributed by atoms with Crippen LogP contribution in [-0.2, 0) is 11.2 Å². The third-order valence-electron chi connectivity index (χ3n) is 2.64. The lowest BCUT2D eigenvalue weighted by Crippen LogP contribution is -2.31. The van der Waals surface area contributed by atoms with Crippen LogP contribution in [0.15, 0.2) is 29.6 Å². The molecule has 2 rings (SSSR count). The van der Waals surface area contributed by atoms with E-state index in [1.54, 1.807) is 11.3 Å². The van der Waals surface area contributed by atoms with Crippen LogP contribution in [0.25, 0.3) is 10.6 Å². The Balaban J connectivity index is 2.07. The third-order valence-corrected chi connectivity index (χ3v) is 3.58. The van der Waals surface area contributed by atoms with E-state index in [1.807, 2.05) is 19.2 Å². The van der Waals surface area contributed by atoms with Crippen molar-refractivity contribution in [3.05, 3.63) is 40.9 Å². The van der Waals surface area contributed by atoms with Gasteiger partial charge in [-0.2, -0.15) is 0 Å². The zero-order valence-electron chi connectivity index (χ0n) is 11.4. The van der Waals surface area contributed by atoms with Gasteiger partial charge in [0, 0.05) is 17.0 Å². The SMILES string of the molecule is Cc1ccc(-c2nc(CC(=O)NC(C)C)cs2)cc1. The number of aryl methyl sites for hydroxylation is 1. The van der Waals surface area contributed by atoms with Gasteiger partial charge in [-0.25, -0.2) is 4.98 Å². The maximum Gasteiger partial charge on any atom is 0.226 e. The van der Waals surface area contributed by atoms with Gasteiger partial charge in [-0.05, 0) is 20.8 Å². The molecule has 0 atom stereocenters. The molecule has 0 saturated carbocycles. The van der Waals surface area contributed by atoms with E-state index in [1.165, 1.54) is 5.56 Å². The molecule has 4 heteroatoms. The van der Waals surface area contributed by atoms with Crippen molar-refractivity contribution in [3.8, 4) is 10.6 Å². The summed E-state index contributed by atoms with van der Waals surface area (Å²) >= 11 is 1.58. The van der Waals surface area contributed by atoms with Crippen molar-refractivity contribution in [1.29, 1.82) is 0 Å². The van der Waals surface area contributed by atoms with Gasteiger partial charge in [-0.1, -0.05) is 29.8 Å². The smallest absolute Gasteiger partial charge is 0.226 e. The van der Waals surface area contributed by atoms with Crippen LogP contribution in [0.3, 0.4) is 0 Å². The van der Waals surface area contributed by atoms with Crippen molar-refractivity contribution < 1.29 is 4.79 Å². The van der Waals surface area contributed by atoms with Gasteiger partial charge in [0.25, 0.3) is 0 Å². The quantitative estimate of drug-likeness (QED) is 0.930. The van der Waals surface area contributed by atoms with Crippen LogP contribution in [0.2, 0.25) is 0 Å². The van der Waals surface area contributed by atoms with Crippen molar-refractivity contribution in [2.24, 2.45) is 0 Å². The molecule has 0 unspecified atom stereocenters.